The molecule has 16 heavy (non-hydrogen) atoms. The molecule has 1 nitrogen and oxygen atoms in total. The lowest BCUT2D eigenvalue weighted by Gasteiger charge is -2.08. The van der Waals surface area contributed by atoms with Crippen molar-refractivity contribution in [2.24, 2.45) is 0 Å². The van der Waals surface area contributed by atoms with Gasteiger partial charge in [0.25, 0.3) is 0 Å². The molecule has 0 fully saturated rings. The van der Waals surface area contributed by atoms with E-state index in [0.29, 0.717) is 0 Å². The molecule has 0 N–H and O–H groups in total. The molecule has 0 spiro atoms. The van der Waals surface area contributed by atoms with Gasteiger partial charge in [-0.2, -0.15) is 0 Å². The molecule has 0 aliphatic rings. The summed E-state index contributed by atoms with van der Waals surface area (Å²) >= 11 is 0. The van der Waals surface area contributed by atoms with Crippen LogP contribution in [0.1, 0.15) is 12.5 Å². The van der Waals surface area contributed by atoms with Gasteiger partial charge in [-0.3, -0.25) is 0 Å². The first kappa shape index (κ1) is 11.2. The summed E-state index contributed by atoms with van der Waals surface area (Å²) < 4.78 is 5.27. The number of hydrogen-bond donors (Lipinski definition) is 0. The zero-order valence-corrected chi connectivity index (χ0v) is 10.5. The minimum atomic E-state index is 0.886. The molecule has 0 heterocycles. The maximum absolute atomic E-state index is 5.27. The minimum Gasteiger partial charge on any atom is -0.480 e. The van der Waals surface area contributed by atoms with Gasteiger partial charge in [0.1, 0.15) is 5.75 Å². The lowest BCUT2D eigenvalue weighted by molar-refractivity contribution is 0.648. The van der Waals surface area contributed by atoms with Crippen LogP contribution in [-0.2, 0) is 6.42 Å². The normalized spacial score (nSPS) is 10.1. The van der Waals surface area contributed by atoms with E-state index in [1.54, 1.807) is 0 Å². The Kier molecular flexibility index (Phi) is 3.58. The Morgan fingerprint density at radius 2 is 1.69 bits per heavy atom. The number of benzene rings is 2. The van der Waals surface area contributed by atoms with Gasteiger partial charge in [0.15, 0.2) is 0 Å². The highest BCUT2D eigenvalue weighted by Gasteiger charge is 2.03. The van der Waals surface area contributed by atoms with Crippen molar-refractivity contribution in [2.75, 3.05) is 0 Å². The van der Waals surface area contributed by atoms with Crippen molar-refractivity contribution < 1.29 is 4.52 Å². The third-order valence-corrected chi connectivity index (χ3v) is 2.94. The summed E-state index contributed by atoms with van der Waals surface area (Å²) in [5, 5.41) is 0. The molecule has 2 rings (SSSR count). The van der Waals surface area contributed by atoms with Crippen LogP contribution in [0.2, 0.25) is 0 Å². The fraction of sp³-hybridized carbons (Fsp3) is 0.143. The van der Waals surface area contributed by atoms with E-state index in [4.69, 9.17) is 4.52 Å². The average molecular weight is 230 g/mol. The smallest absolute Gasteiger partial charge is 0.130 e. The molecule has 0 bridgehead atoms. The van der Waals surface area contributed by atoms with Crippen molar-refractivity contribution in [1.29, 1.82) is 0 Å². The van der Waals surface area contributed by atoms with Gasteiger partial charge in [-0.25, -0.2) is 0 Å². The molecule has 1 atom stereocenters. The van der Waals surface area contributed by atoms with Crippen LogP contribution < -0.4 is 4.52 Å². The van der Waals surface area contributed by atoms with Crippen molar-refractivity contribution >= 4 is 9.47 Å². The van der Waals surface area contributed by atoms with Gasteiger partial charge < -0.3 is 4.52 Å². The van der Waals surface area contributed by atoms with E-state index >= 15 is 0 Å². The largest absolute Gasteiger partial charge is 0.480 e. The summed E-state index contributed by atoms with van der Waals surface area (Å²) in [4.78, 5) is 0. The van der Waals surface area contributed by atoms with Crippen LogP contribution in [0, 0.1) is 0 Å². The summed E-state index contributed by atoms with van der Waals surface area (Å²) in [6.07, 6.45) is 1.07. The van der Waals surface area contributed by atoms with Gasteiger partial charge in [-0.05, 0) is 23.6 Å². The molecule has 0 saturated carbocycles. The molecule has 2 heteroatoms. The highest BCUT2D eigenvalue weighted by molar-refractivity contribution is 7.10. The summed E-state index contributed by atoms with van der Waals surface area (Å²) in [7, 11) is 2.30. The topological polar surface area (TPSA) is 9.23 Å². The summed E-state index contributed by atoms with van der Waals surface area (Å²) in [6.45, 7) is 2.16. The summed E-state index contributed by atoms with van der Waals surface area (Å²) in [5.74, 6) is 0.886. The zero-order valence-electron chi connectivity index (χ0n) is 9.31. The molecule has 1 unspecified atom stereocenters. The van der Waals surface area contributed by atoms with Crippen LogP contribution in [0.5, 0.6) is 5.75 Å². The fourth-order valence-corrected chi connectivity index (χ4v) is 1.93. The van der Waals surface area contributed by atoms with E-state index in [2.05, 4.69) is 46.7 Å². The van der Waals surface area contributed by atoms with Gasteiger partial charge in [-0.1, -0.05) is 49.4 Å². The Morgan fingerprint density at radius 3 is 2.31 bits per heavy atom. The van der Waals surface area contributed by atoms with Gasteiger partial charge in [0.2, 0.25) is 0 Å². The van der Waals surface area contributed by atoms with E-state index in [1.807, 2.05) is 18.2 Å². The molecule has 2 aromatic carbocycles. The van der Waals surface area contributed by atoms with E-state index in [9.17, 15) is 0 Å². The first-order chi connectivity index (χ1) is 7.85. The lowest BCUT2D eigenvalue weighted by atomic mass is 10.0. The number of para-hydroxylation sites is 1. The van der Waals surface area contributed by atoms with Gasteiger partial charge in [0.05, 0.1) is 9.47 Å². The third-order valence-electron chi connectivity index (χ3n) is 2.69. The predicted octanol–water partition coefficient (Wildman–Crippen LogP) is 4.08. The van der Waals surface area contributed by atoms with Crippen LogP contribution in [0.25, 0.3) is 11.1 Å². The van der Waals surface area contributed by atoms with Crippen LogP contribution in [0.4, 0.5) is 0 Å². The maximum Gasteiger partial charge on any atom is 0.130 e. The standard InChI is InChI=1S/C14H15OP/c1-2-11-7-9-12(10-8-11)13-5-3-4-6-14(13)15-16/h3-10H,2,16H2,1H3. The molecular weight excluding hydrogens is 215 g/mol. The highest BCUT2D eigenvalue weighted by Crippen LogP contribution is 2.30. The van der Waals surface area contributed by atoms with Crippen LogP contribution >= 0.6 is 9.47 Å². The first-order valence-electron chi connectivity index (χ1n) is 5.40. The first-order valence-corrected chi connectivity index (χ1v) is 5.87. The number of rotatable bonds is 3. The lowest BCUT2D eigenvalue weighted by Crippen LogP contribution is -1.84. The Hall–Kier alpha value is -1.33. The molecule has 0 aliphatic carbocycles. The predicted molar refractivity (Wildman–Crippen MR) is 71.6 cm³/mol. The zero-order chi connectivity index (χ0) is 11.4. The van der Waals surface area contributed by atoms with Crippen molar-refractivity contribution in [3.05, 3.63) is 54.1 Å². The van der Waals surface area contributed by atoms with Crippen molar-refractivity contribution in [2.45, 2.75) is 13.3 Å². The van der Waals surface area contributed by atoms with Crippen LogP contribution in [-0.4, -0.2) is 0 Å². The van der Waals surface area contributed by atoms with Crippen LogP contribution in [0.15, 0.2) is 48.5 Å². The Bertz CT molecular complexity index is 462. The summed E-state index contributed by atoms with van der Waals surface area (Å²) in [5.41, 5.74) is 3.67. The fourth-order valence-electron chi connectivity index (χ4n) is 1.73. The molecule has 0 radical (unpaired) electrons. The maximum atomic E-state index is 5.27. The van der Waals surface area contributed by atoms with Crippen molar-refractivity contribution in [1.82, 2.24) is 0 Å². The van der Waals surface area contributed by atoms with Gasteiger partial charge in [0, 0.05) is 5.56 Å². The van der Waals surface area contributed by atoms with E-state index in [0.717, 1.165) is 17.7 Å². The molecule has 2 aromatic rings. The van der Waals surface area contributed by atoms with Crippen molar-refractivity contribution in [3.8, 4) is 16.9 Å². The number of hydrogen-bond acceptors (Lipinski definition) is 1. The third kappa shape index (κ3) is 2.25. The van der Waals surface area contributed by atoms with E-state index < -0.39 is 0 Å². The molecule has 0 aromatic heterocycles. The van der Waals surface area contributed by atoms with Crippen molar-refractivity contribution in [3.63, 3.8) is 0 Å². The average Bonchev–Trinajstić information content (AvgIpc) is 2.39. The number of aryl methyl sites for hydroxylation is 1. The minimum absolute atomic E-state index is 0.886. The highest BCUT2D eigenvalue weighted by atomic mass is 31.0. The monoisotopic (exact) mass is 230 g/mol. The Morgan fingerprint density at radius 1 is 1.00 bits per heavy atom. The SMILES string of the molecule is CCc1ccc(-c2ccccc2OP)cc1. The van der Waals surface area contributed by atoms with Crippen LogP contribution in [0.3, 0.4) is 0 Å². The molecule has 0 saturated heterocycles. The molecule has 0 aliphatic heterocycles. The second-order valence-electron chi connectivity index (χ2n) is 3.66. The van der Waals surface area contributed by atoms with Gasteiger partial charge >= 0.3 is 0 Å². The van der Waals surface area contributed by atoms with E-state index in [-0.39, 0.29) is 0 Å². The summed E-state index contributed by atoms with van der Waals surface area (Å²) in [6, 6.07) is 16.6. The molecule has 0 amide bonds. The molecule has 82 valence electrons. The molecular formula is C14H15OP. The second kappa shape index (κ2) is 5.14. The second-order valence-corrected chi connectivity index (χ2v) is 3.90. The Balaban J connectivity index is 2.42. The van der Waals surface area contributed by atoms with E-state index in [1.165, 1.54) is 11.1 Å². The Labute approximate surface area is 98.7 Å². The quantitative estimate of drug-likeness (QED) is 0.722. The van der Waals surface area contributed by atoms with Gasteiger partial charge in [-0.15, -0.1) is 0 Å².